The van der Waals surface area contributed by atoms with Gasteiger partial charge in [-0.1, -0.05) is 5.16 Å². The Hall–Kier alpha value is -2.89. The average Bonchev–Trinajstić information content (AvgIpc) is 3.41. The van der Waals surface area contributed by atoms with Crippen molar-refractivity contribution < 1.29 is 37.1 Å². The minimum absolute atomic E-state index is 0.203. The number of rotatable bonds is 6. The van der Waals surface area contributed by atoms with Gasteiger partial charge in [-0.05, 0) is 42.8 Å². The summed E-state index contributed by atoms with van der Waals surface area (Å²) in [5, 5.41) is 23.1. The first-order chi connectivity index (χ1) is 14.3. The fourth-order valence-corrected chi connectivity index (χ4v) is 3.40. The van der Waals surface area contributed by atoms with Crippen molar-refractivity contribution in [2.45, 2.75) is 38.1 Å². The first-order valence-electron chi connectivity index (χ1n) is 9.11. The fourth-order valence-electron chi connectivity index (χ4n) is 3.40. The van der Waals surface area contributed by atoms with Crippen LogP contribution in [0.25, 0.3) is 11.4 Å². The molecule has 1 aliphatic rings. The molecule has 0 spiro atoms. The average molecular weight is 425 g/mol. The Kier molecular flexibility index (Phi) is 5.50. The maximum Gasteiger partial charge on any atom is 0.573 e. The second-order valence-electron chi connectivity index (χ2n) is 6.89. The quantitative estimate of drug-likeness (QED) is 0.621. The molecule has 2 atom stereocenters. The van der Waals surface area contributed by atoms with E-state index in [1.165, 1.54) is 24.3 Å². The molecule has 0 aliphatic carbocycles. The Morgan fingerprint density at radius 2 is 1.87 bits per heavy atom. The molecule has 8 nitrogen and oxygen atoms in total. The molecule has 2 N–H and O–H groups in total. The normalized spacial score (nSPS) is 20.0. The lowest BCUT2D eigenvalue weighted by Gasteiger charge is -2.19. The van der Waals surface area contributed by atoms with Crippen LogP contribution in [0.3, 0.4) is 0 Å². The molecule has 0 unspecified atom stereocenters. The minimum atomic E-state index is -4.76. The van der Waals surface area contributed by atoms with Crippen molar-refractivity contribution in [1.82, 2.24) is 15.0 Å². The summed E-state index contributed by atoms with van der Waals surface area (Å²) in [6.07, 6.45) is -4.97. The van der Waals surface area contributed by atoms with Crippen molar-refractivity contribution in [3.8, 4) is 17.1 Å². The third-order valence-corrected chi connectivity index (χ3v) is 4.69. The fraction of sp³-hybridized carbons (Fsp3) is 0.368. The molecule has 0 radical (unpaired) electrons. The predicted molar refractivity (Wildman–Crippen MR) is 94.8 cm³/mol. The maximum atomic E-state index is 12.3. The summed E-state index contributed by atoms with van der Waals surface area (Å²) in [6, 6.07) is 8.20. The molecular weight excluding hydrogens is 407 g/mol. The van der Waals surface area contributed by atoms with E-state index in [0.717, 1.165) is 0 Å². The van der Waals surface area contributed by atoms with Gasteiger partial charge >= 0.3 is 6.36 Å². The van der Waals surface area contributed by atoms with Crippen molar-refractivity contribution in [3.05, 3.63) is 53.8 Å². The molecule has 1 fully saturated rings. The number of ether oxygens (including phenoxy) is 1. The largest absolute Gasteiger partial charge is 0.573 e. The van der Waals surface area contributed by atoms with Crippen molar-refractivity contribution in [1.29, 1.82) is 0 Å². The highest BCUT2D eigenvalue weighted by molar-refractivity contribution is 5.55. The highest BCUT2D eigenvalue weighted by Crippen LogP contribution is 2.34. The second-order valence-corrected chi connectivity index (χ2v) is 6.89. The standard InChI is InChI=1S/C19H18F3N3O5/c20-19(21,22)29-13-3-1-11(2-4-13)17-23-18(30-24-17)16-7-12(27)8-25(16)9-14-5-6-15(10-26)28-14/h1-6,12,16,26-27H,7-10H2/t12-,16-/m1/s1. The predicted octanol–water partition coefficient (Wildman–Crippen LogP) is 3.03. The van der Waals surface area contributed by atoms with Crippen LogP contribution in [-0.4, -0.2) is 44.3 Å². The Balaban J connectivity index is 1.49. The number of aromatic nitrogens is 2. The Morgan fingerprint density at radius 3 is 2.53 bits per heavy atom. The topological polar surface area (TPSA) is 105 Å². The van der Waals surface area contributed by atoms with Crippen LogP contribution in [0.2, 0.25) is 0 Å². The molecule has 11 heteroatoms. The van der Waals surface area contributed by atoms with Crippen LogP contribution in [0.15, 0.2) is 45.3 Å². The molecule has 4 rings (SSSR count). The Bertz CT molecular complexity index is 986. The van der Waals surface area contributed by atoms with E-state index in [0.29, 0.717) is 36.6 Å². The first kappa shape index (κ1) is 20.4. The molecule has 3 heterocycles. The summed E-state index contributed by atoms with van der Waals surface area (Å²) < 4.78 is 51.6. The summed E-state index contributed by atoms with van der Waals surface area (Å²) in [4.78, 5) is 6.27. The summed E-state index contributed by atoms with van der Waals surface area (Å²) in [5.41, 5.74) is 0.461. The number of aliphatic hydroxyl groups is 2. The minimum Gasteiger partial charge on any atom is -0.462 e. The lowest BCUT2D eigenvalue weighted by molar-refractivity contribution is -0.274. The van der Waals surface area contributed by atoms with Gasteiger partial charge in [0.2, 0.25) is 11.7 Å². The van der Waals surface area contributed by atoms with Crippen LogP contribution in [0.1, 0.15) is 29.9 Å². The van der Waals surface area contributed by atoms with E-state index < -0.39 is 12.5 Å². The highest BCUT2D eigenvalue weighted by Gasteiger charge is 2.36. The SMILES string of the molecule is OCc1ccc(CN2C[C@H](O)C[C@@H]2c2nc(-c3ccc(OC(F)(F)F)cc3)no2)o1. The second kappa shape index (κ2) is 8.09. The zero-order valence-corrected chi connectivity index (χ0v) is 15.5. The van der Waals surface area contributed by atoms with E-state index in [1.54, 1.807) is 12.1 Å². The summed E-state index contributed by atoms with van der Waals surface area (Å²) in [7, 11) is 0. The van der Waals surface area contributed by atoms with Gasteiger partial charge < -0.3 is 23.9 Å². The lowest BCUT2D eigenvalue weighted by Crippen LogP contribution is -2.24. The lowest BCUT2D eigenvalue weighted by atomic mass is 10.2. The van der Waals surface area contributed by atoms with Crippen LogP contribution in [0.5, 0.6) is 5.75 Å². The number of nitrogens with zero attached hydrogens (tertiary/aromatic N) is 3. The molecule has 0 amide bonds. The van der Waals surface area contributed by atoms with E-state index >= 15 is 0 Å². The number of aliphatic hydroxyl groups excluding tert-OH is 2. The highest BCUT2D eigenvalue weighted by atomic mass is 19.4. The van der Waals surface area contributed by atoms with E-state index in [9.17, 15) is 18.3 Å². The molecule has 30 heavy (non-hydrogen) atoms. The third-order valence-electron chi connectivity index (χ3n) is 4.69. The van der Waals surface area contributed by atoms with Gasteiger partial charge in [0.05, 0.1) is 18.7 Å². The Morgan fingerprint density at radius 1 is 1.13 bits per heavy atom. The zero-order chi connectivity index (χ0) is 21.3. The van der Waals surface area contributed by atoms with Crippen LogP contribution in [0.4, 0.5) is 13.2 Å². The molecule has 0 bridgehead atoms. The van der Waals surface area contributed by atoms with Gasteiger partial charge in [0, 0.05) is 12.1 Å². The zero-order valence-electron chi connectivity index (χ0n) is 15.5. The van der Waals surface area contributed by atoms with Gasteiger partial charge in [0.15, 0.2) is 0 Å². The van der Waals surface area contributed by atoms with Gasteiger partial charge in [-0.2, -0.15) is 4.98 Å². The third kappa shape index (κ3) is 4.64. The van der Waals surface area contributed by atoms with E-state index in [-0.39, 0.29) is 30.1 Å². The van der Waals surface area contributed by atoms with E-state index in [2.05, 4.69) is 14.9 Å². The van der Waals surface area contributed by atoms with Gasteiger partial charge in [0.25, 0.3) is 0 Å². The van der Waals surface area contributed by atoms with Gasteiger partial charge in [-0.3, -0.25) is 4.90 Å². The van der Waals surface area contributed by atoms with Gasteiger partial charge in [-0.15, -0.1) is 13.2 Å². The van der Waals surface area contributed by atoms with E-state index in [4.69, 9.17) is 14.0 Å². The van der Waals surface area contributed by atoms with Gasteiger partial charge in [-0.25, -0.2) is 0 Å². The summed E-state index contributed by atoms with van der Waals surface area (Å²) in [6.45, 7) is 0.551. The molecule has 1 aromatic carbocycles. The van der Waals surface area contributed by atoms with Gasteiger partial charge in [0.1, 0.15) is 23.9 Å². The number of hydrogen-bond acceptors (Lipinski definition) is 8. The number of β-amino-alcohol motifs (C(OH)–C–C–N with tert-alkyl or cyclic N) is 1. The molecule has 160 valence electrons. The molecule has 2 aromatic heterocycles. The number of furan rings is 1. The van der Waals surface area contributed by atoms with Crippen molar-refractivity contribution >= 4 is 0 Å². The number of likely N-dealkylation sites (tertiary alicyclic amines) is 1. The molecule has 0 saturated carbocycles. The van der Waals surface area contributed by atoms with Crippen LogP contribution < -0.4 is 4.74 Å². The van der Waals surface area contributed by atoms with Crippen molar-refractivity contribution in [2.24, 2.45) is 0 Å². The number of benzene rings is 1. The summed E-state index contributed by atoms with van der Waals surface area (Å²) >= 11 is 0. The number of halogens is 3. The first-order valence-corrected chi connectivity index (χ1v) is 9.11. The van der Waals surface area contributed by atoms with Crippen molar-refractivity contribution in [2.75, 3.05) is 6.54 Å². The molecule has 3 aromatic rings. The van der Waals surface area contributed by atoms with Crippen LogP contribution >= 0.6 is 0 Å². The molecule has 1 aliphatic heterocycles. The van der Waals surface area contributed by atoms with Crippen LogP contribution in [0, 0.1) is 0 Å². The van der Waals surface area contributed by atoms with E-state index in [1.807, 2.05) is 4.90 Å². The monoisotopic (exact) mass is 425 g/mol. The maximum absolute atomic E-state index is 12.3. The van der Waals surface area contributed by atoms with Crippen LogP contribution in [-0.2, 0) is 13.2 Å². The molecule has 1 saturated heterocycles. The Labute approximate surface area is 168 Å². The van der Waals surface area contributed by atoms with Crippen molar-refractivity contribution in [3.63, 3.8) is 0 Å². The molecular formula is C19H18F3N3O5. The smallest absolute Gasteiger partial charge is 0.462 e. The summed E-state index contributed by atoms with van der Waals surface area (Å²) in [5.74, 6) is 1.22. The number of alkyl halides is 3. The number of hydrogen-bond donors (Lipinski definition) is 2.